The summed E-state index contributed by atoms with van der Waals surface area (Å²) in [5, 5.41) is 10.3. The first kappa shape index (κ1) is 8.55. The van der Waals surface area contributed by atoms with E-state index in [9.17, 15) is 5.11 Å². The SMILES string of the molecule is CC(C)C1(O)CC[C@@]2(C)C[C@H]2C1. The molecule has 0 spiro atoms. The molecule has 1 nitrogen and oxygen atoms in total. The highest BCUT2D eigenvalue weighted by Crippen LogP contribution is 2.63. The van der Waals surface area contributed by atoms with Gasteiger partial charge in [0.25, 0.3) is 0 Å². The quantitative estimate of drug-likeness (QED) is 0.638. The van der Waals surface area contributed by atoms with Crippen LogP contribution < -0.4 is 0 Å². The van der Waals surface area contributed by atoms with Gasteiger partial charge in [0.15, 0.2) is 0 Å². The first-order valence-electron chi connectivity index (χ1n) is 5.19. The van der Waals surface area contributed by atoms with Crippen molar-refractivity contribution in [1.29, 1.82) is 0 Å². The number of hydrogen-bond donors (Lipinski definition) is 1. The third-order valence-electron chi connectivity index (χ3n) is 4.34. The molecule has 0 heterocycles. The Labute approximate surface area is 75.2 Å². The van der Waals surface area contributed by atoms with E-state index in [2.05, 4.69) is 20.8 Å². The molecule has 1 N–H and O–H groups in total. The van der Waals surface area contributed by atoms with E-state index in [1.807, 2.05) is 0 Å². The Bertz CT molecular complexity index is 199. The lowest BCUT2D eigenvalue weighted by atomic mass is 9.74. The lowest BCUT2D eigenvalue weighted by Gasteiger charge is -2.37. The van der Waals surface area contributed by atoms with Gasteiger partial charge in [-0.25, -0.2) is 0 Å². The molecular formula is C11H20O. The molecule has 0 amide bonds. The molecule has 1 heteroatoms. The van der Waals surface area contributed by atoms with Crippen molar-refractivity contribution in [1.82, 2.24) is 0 Å². The van der Waals surface area contributed by atoms with E-state index < -0.39 is 0 Å². The zero-order valence-electron chi connectivity index (χ0n) is 8.43. The fourth-order valence-corrected chi connectivity index (χ4v) is 2.68. The monoisotopic (exact) mass is 168 g/mol. The Balaban J connectivity index is 2.05. The third-order valence-corrected chi connectivity index (χ3v) is 4.34. The van der Waals surface area contributed by atoms with E-state index in [1.165, 1.54) is 12.8 Å². The minimum Gasteiger partial charge on any atom is -0.390 e. The molecule has 1 unspecified atom stereocenters. The van der Waals surface area contributed by atoms with E-state index in [4.69, 9.17) is 0 Å². The summed E-state index contributed by atoms with van der Waals surface area (Å²) in [4.78, 5) is 0. The number of rotatable bonds is 1. The molecule has 12 heavy (non-hydrogen) atoms. The van der Waals surface area contributed by atoms with Crippen molar-refractivity contribution in [2.75, 3.05) is 0 Å². The normalized spacial score (nSPS) is 52.2. The first-order valence-corrected chi connectivity index (χ1v) is 5.19. The van der Waals surface area contributed by atoms with Gasteiger partial charge >= 0.3 is 0 Å². The highest BCUT2D eigenvalue weighted by molar-refractivity contribution is 5.07. The summed E-state index contributed by atoms with van der Waals surface area (Å²) in [5.74, 6) is 1.27. The minimum atomic E-state index is -0.333. The lowest BCUT2D eigenvalue weighted by Crippen LogP contribution is -2.39. The van der Waals surface area contributed by atoms with E-state index >= 15 is 0 Å². The molecule has 0 saturated heterocycles. The summed E-state index contributed by atoms with van der Waals surface area (Å²) in [6.45, 7) is 6.66. The molecule has 0 bridgehead atoms. The number of aliphatic hydroxyl groups is 1. The van der Waals surface area contributed by atoms with Gasteiger partial charge < -0.3 is 5.11 Å². The van der Waals surface area contributed by atoms with Crippen LogP contribution in [-0.2, 0) is 0 Å². The Morgan fingerprint density at radius 1 is 1.25 bits per heavy atom. The van der Waals surface area contributed by atoms with Crippen molar-refractivity contribution < 1.29 is 5.11 Å². The van der Waals surface area contributed by atoms with Crippen LogP contribution in [-0.4, -0.2) is 10.7 Å². The summed E-state index contributed by atoms with van der Waals surface area (Å²) in [7, 11) is 0. The fraction of sp³-hybridized carbons (Fsp3) is 1.00. The van der Waals surface area contributed by atoms with E-state index in [1.54, 1.807) is 0 Å². The molecule has 0 aromatic heterocycles. The molecule has 2 aliphatic rings. The standard InChI is InChI=1S/C11H20O/c1-8(2)11(12)5-4-10(3)6-9(10)7-11/h8-9,12H,4-7H2,1-3H3/t9-,10-,11?/m0/s1. The smallest absolute Gasteiger partial charge is 0.0673 e. The topological polar surface area (TPSA) is 20.2 Å². The third kappa shape index (κ3) is 1.10. The van der Waals surface area contributed by atoms with Crippen molar-refractivity contribution in [2.45, 2.75) is 52.1 Å². The first-order chi connectivity index (χ1) is 5.46. The van der Waals surface area contributed by atoms with Gasteiger partial charge in [-0.2, -0.15) is 0 Å². The second-order valence-electron chi connectivity index (χ2n) is 5.52. The predicted octanol–water partition coefficient (Wildman–Crippen LogP) is 2.58. The van der Waals surface area contributed by atoms with Crippen LogP contribution in [0.2, 0.25) is 0 Å². The molecule has 0 aromatic carbocycles. The summed E-state index contributed by atoms with van der Waals surface area (Å²) < 4.78 is 0. The number of fused-ring (bicyclic) bond motifs is 1. The minimum absolute atomic E-state index is 0.333. The molecule has 0 aromatic rings. The second-order valence-corrected chi connectivity index (χ2v) is 5.52. The van der Waals surface area contributed by atoms with Gasteiger partial charge in [0.05, 0.1) is 5.60 Å². The van der Waals surface area contributed by atoms with Crippen molar-refractivity contribution >= 4 is 0 Å². The molecule has 3 atom stereocenters. The van der Waals surface area contributed by atoms with Gasteiger partial charge in [-0.1, -0.05) is 20.8 Å². The van der Waals surface area contributed by atoms with E-state index in [0.717, 1.165) is 18.8 Å². The molecule has 0 aliphatic heterocycles. The van der Waals surface area contributed by atoms with E-state index in [-0.39, 0.29) is 5.60 Å². The Hall–Kier alpha value is -0.0400. The van der Waals surface area contributed by atoms with Gasteiger partial charge in [0, 0.05) is 0 Å². The van der Waals surface area contributed by atoms with Gasteiger partial charge in [-0.15, -0.1) is 0 Å². The highest BCUT2D eigenvalue weighted by atomic mass is 16.3. The summed E-state index contributed by atoms with van der Waals surface area (Å²) in [5.41, 5.74) is 0.293. The van der Waals surface area contributed by atoms with Crippen LogP contribution in [0.25, 0.3) is 0 Å². The second kappa shape index (κ2) is 2.25. The van der Waals surface area contributed by atoms with Crippen molar-refractivity contribution in [3.05, 3.63) is 0 Å². The molecule has 2 saturated carbocycles. The van der Waals surface area contributed by atoms with Crippen LogP contribution in [0, 0.1) is 17.3 Å². The highest BCUT2D eigenvalue weighted by Gasteiger charge is 2.57. The van der Waals surface area contributed by atoms with Gasteiger partial charge in [0.2, 0.25) is 0 Å². The van der Waals surface area contributed by atoms with Crippen LogP contribution >= 0.6 is 0 Å². The average molecular weight is 168 g/mol. The van der Waals surface area contributed by atoms with Gasteiger partial charge in [-0.3, -0.25) is 0 Å². The van der Waals surface area contributed by atoms with Crippen LogP contribution in [0.5, 0.6) is 0 Å². The fourth-order valence-electron chi connectivity index (χ4n) is 2.68. The molecule has 70 valence electrons. The zero-order chi connectivity index (χ0) is 8.98. The largest absolute Gasteiger partial charge is 0.390 e. The molecule has 0 radical (unpaired) electrons. The number of hydrogen-bond acceptors (Lipinski definition) is 1. The predicted molar refractivity (Wildman–Crippen MR) is 49.9 cm³/mol. The van der Waals surface area contributed by atoms with Crippen molar-refractivity contribution in [3.8, 4) is 0 Å². The Morgan fingerprint density at radius 2 is 1.92 bits per heavy atom. The summed E-state index contributed by atoms with van der Waals surface area (Å²) >= 11 is 0. The maximum Gasteiger partial charge on any atom is 0.0673 e. The molecule has 2 fully saturated rings. The summed E-state index contributed by atoms with van der Waals surface area (Å²) in [6, 6.07) is 0. The maximum atomic E-state index is 10.3. The van der Waals surface area contributed by atoms with E-state index in [0.29, 0.717) is 11.3 Å². The van der Waals surface area contributed by atoms with Crippen LogP contribution in [0.4, 0.5) is 0 Å². The molecule has 2 aliphatic carbocycles. The van der Waals surface area contributed by atoms with Crippen LogP contribution in [0.15, 0.2) is 0 Å². The Morgan fingerprint density at radius 3 is 2.42 bits per heavy atom. The van der Waals surface area contributed by atoms with Crippen molar-refractivity contribution in [3.63, 3.8) is 0 Å². The average Bonchev–Trinajstić information content (AvgIpc) is 2.60. The molecule has 2 rings (SSSR count). The molecular weight excluding hydrogens is 148 g/mol. The van der Waals surface area contributed by atoms with Gasteiger partial charge in [-0.05, 0) is 42.9 Å². The van der Waals surface area contributed by atoms with Gasteiger partial charge in [0.1, 0.15) is 0 Å². The Kier molecular flexibility index (Phi) is 1.61. The maximum absolute atomic E-state index is 10.3. The van der Waals surface area contributed by atoms with Crippen LogP contribution in [0.1, 0.15) is 46.5 Å². The van der Waals surface area contributed by atoms with Crippen molar-refractivity contribution in [2.24, 2.45) is 17.3 Å². The van der Waals surface area contributed by atoms with Crippen LogP contribution in [0.3, 0.4) is 0 Å². The summed E-state index contributed by atoms with van der Waals surface area (Å²) in [6.07, 6.45) is 4.69. The zero-order valence-corrected chi connectivity index (χ0v) is 8.43. The lowest BCUT2D eigenvalue weighted by molar-refractivity contribution is -0.0482.